The number of hydrogen-bond acceptors (Lipinski definition) is 3. The molecule has 0 unspecified atom stereocenters. The first-order valence-corrected chi connectivity index (χ1v) is 3.65. The molecule has 60 valence electrons. The van der Waals surface area contributed by atoms with E-state index in [1.165, 1.54) is 0 Å². The van der Waals surface area contributed by atoms with Gasteiger partial charge in [-0.2, -0.15) is 0 Å². The van der Waals surface area contributed by atoms with Crippen LogP contribution in [0.5, 0.6) is 0 Å². The van der Waals surface area contributed by atoms with Gasteiger partial charge in [-0.1, -0.05) is 6.92 Å². The quantitative estimate of drug-likeness (QED) is 0.652. The molecule has 0 saturated carbocycles. The Morgan fingerprint density at radius 3 is 2.73 bits per heavy atom. The number of aryl methyl sites for hydroxylation is 1. The summed E-state index contributed by atoms with van der Waals surface area (Å²) in [5.41, 5.74) is 2.01. The Morgan fingerprint density at radius 1 is 1.36 bits per heavy atom. The number of methoxy groups -OCH3 is 1. The number of rotatable bonds is 3. The van der Waals surface area contributed by atoms with E-state index in [0.717, 1.165) is 17.8 Å². The number of aromatic nitrogens is 2. The smallest absolute Gasteiger partial charge is 0.116 e. The maximum absolute atomic E-state index is 4.94. The zero-order chi connectivity index (χ0) is 8.10. The van der Waals surface area contributed by atoms with Gasteiger partial charge < -0.3 is 4.74 Å². The lowest BCUT2D eigenvalue weighted by atomic mass is 10.3. The molecular formula is C8H12N2O. The minimum Gasteiger partial charge on any atom is -0.378 e. The summed E-state index contributed by atoms with van der Waals surface area (Å²) >= 11 is 0. The van der Waals surface area contributed by atoms with Gasteiger partial charge in [0.1, 0.15) is 6.33 Å². The van der Waals surface area contributed by atoms with Crippen LogP contribution >= 0.6 is 0 Å². The van der Waals surface area contributed by atoms with Crippen molar-refractivity contribution in [3.63, 3.8) is 0 Å². The first-order valence-electron chi connectivity index (χ1n) is 3.65. The monoisotopic (exact) mass is 152 g/mol. The Morgan fingerprint density at radius 2 is 2.09 bits per heavy atom. The summed E-state index contributed by atoms with van der Waals surface area (Å²) in [6, 6.07) is 1.96. The lowest BCUT2D eigenvalue weighted by molar-refractivity contribution is 0.181. The van der Waals surface area contributed by atoms with Crippen molar-refractivity contribution in [1.82, 2.24) is 9.97 Å². The number of hydrogen-bond donors (Lipinski definition) is 0. The lowest BCUT2D eigenvalue weighted by Gasteiger charge is -1.99. The molecule has 0 amide bonds. The molecule has 0 fully saturated rings. The Labute approximate surface area is 66.4 Å². The van der Waals surface area contributed by atoms with Gasteiger partial charge in [0.15, 0.2) is 0 Å². The molecular weight excluding hydrogens is 140 g/mol. The molecule has 1 aromatic rings. The molecule has 0 aliphatic rings. The van der Waals surface area contributed by atoms with Crippen LogP contribution < -0.4 is 0 Å². The zero-order valence-corrected chi connectivity index (χ0v) is 6.87. The highest BCUT2D eigenvalue weighted by Crippen LogP contribution is 1.99. The zero-order valence-electron chi connectivity index (χ0n) is 6.87. The average molecular weight is 152 g/mol. The van der Waals surface area contributed by atoms with Crippen molar-refractivity contribution in [3.05, 3.63) is 23.8 Å². The molecule has 0 aromatic carbocycles. The summed E-state index contributed by atoms with van der Waals surface area (Å²) in [6.45, 7) is 2.63. The summed E-state index contributed by atoms with van der Waals surface area (Å²) in [6.07, 6.45) is 2.52. The third kappa shape index (κ3) is 2.27. The third-order valence-corrected chi connectivity index (χ3v) is 1.43. The predicted octanol–water partition coefficient (Wildman–Crippen LogP) is 1.19. The van der Waals surface area contributed by atoms with Crippen LogP contribution in [-0.2, 0) is 17.8 Å². The van der Waals surface area contributed by atoms with E-state index in [1.54, 1.807) is 13.4 Å². The first-order chi connectivity index (χ1) is 5.36. The van der Waals surface area contributed by atoms with E-state index in [-0.39, 0.29) is 0 Å². The molecule has 1 heterocycles. The van der Waals surface area contributed by atoms with Crippen LogP contribution in [-0.4, -0.2) is 17.1 Å². The van der Waals surface area contributed by atoms with Gasteiger partial charge in [0.2, 0.25) is 0 Å². The van der Waals surface area contributed by atoms with Crippen molar-refractivity contribution in [1.29, 1.82) is 0 Å². The molecule has 0 N–H and O–H groups in total. The fourth-order valence-corrected chi connectivity index (χ4v) is 0.864. The SMILES string of the molecule is CCc1cc(COC)ncn1. The Kier molecular flexibility index (Phi) is 2.98. The Balaban J connectivity index is 2.74. The molecule has 0 bridgehead atoms. The van der Waals surface area contributed by atoms with E-state index < -0.39 is 0 Å². The molecule has 0 aliphatic heterocycles. The van der Waals surface area contributed by atoms with Crippen molar-refractivity contribution >= 4 is 0 Å². The lowest BCUT2D eigenvalue weighted by Crippen LogP contribution is -1.95. The standard InChI is InChI=1S/C8H12N2O/c1-3-7-4-8(5-11-2)10-6-9-7/h4,6H,3,5H2,1-2H3. The molecule has 3 heteroatoms. The number of ether oxygens (including phenoxy) is 1. The molecule has 0 radical (unpaired) electrons. The summed E-state index contributed by atoms with van der Waals surface area (Å²) < 4.78 is 4.94. The van der Waals surface area contributed by atoms with Gasteiger partial charge in [-0.3, -0.25) is 0 Å². The second-order valence-electron chi connectivity index (χ2n) is 2.29. The highest BCUT2D eigenvalue weighted by atomic mass is 16.5. The molecule has 0 spiro atoms. The van der Waals surface area contributed by atoms with Crippen molar-refractivity contribution in [2.45, 2.75) is 20.0 Å². The topological polar surface area (TPSA) is 35.0 Å². The molecule has 11 heavy (non-hydrogen) atoms. The van der Waals surface area contributed by atoms with Gasteiger partial charge in [0.05, 0.1) is 12.3 Å². The van der Waals surface area contributed by atoms with Crippen LogP contribution in [0.2, 0.25) is 0 Å². The molecule has 0 saturated heterocycles. The van der Waals surface area contributed by atoms with Crippen LogP contribution in [0, 0.1) is 0 Å². The third-order valence-electron chi connectivity index (χ3n) is 1.43. The largest absolute Gasteiger partial charge is 0.378 e. The van der Waals surface area contributed by atoms with Crippen LogP contribution in [0.15, 0.2) is 12.4 Å². The first kappa shape index (κ1) is 8.14. The predicted molar refractivity (Wildman–Crippen MR) is 42.1 cm³/mol. The van der Waals surface area contributed by atoms with E-state index in [4.69, 9.17) is 4.74 Å². The van der Waals surface area contributed by atoms with Crippen LogP contribution in [0.3, 0.4) is 0 Å². The summed E-state index contributed by atoms with van der Waals surface area (Å²) in [5, 5.41) is 0. The van der Waals surface area contributed by atoms with E-state index in [2.05, 4.69) is 16.9 Å². The summed E-state index contributed by atoms with van der Waals surface area (Å²) in [4.78, 5) is 8.11. The van der Waals surface area contributed by atoms with Crippen LogP contribution in [0.25, 0.3) is 0 Å². The van der Waals surface area contributed by atoms with Crippen molar-refractivity contribution in [2.24, 2.45) is 0 Å². The Hall–Kier alpha value is -0.960. The average Bonchev–Trinajstić information content (AvgIpc) is 2.06. The van der Waals surface area contributed by atoms with Crippen LogP contribution in [0.1, 0.15) is 18.3 Å². The van der Waals surface area contributed by atoms with Crippen molar-refractivity contribution < 1.29 is 4.74 Å². The van der Waals surface area contributed by atoms with E-state index >= 15 is 0 Å². The van der Waals surface area contributed by atoms with E-state index in [9.17, 15) is 0 Å². The van der Waals surface area contributed by atoms with Gasteiger partial charge in [-0.15, -0.1) is 0 Å². The van der Waals surface area contributed by atoms with Gasteiger partial charge >= 0.3 is 0 Å². The van der Waals surface area contributed by atoms with Crippen molar-refractivity contribution in [3.8, 4) is 0 Å². The minimum absolute atomic E-state index is 0.565. The normalized spacial score (nSPS) is 10.0. The van der Waals surface area contributed by atoms with E-state index in [1.807, 2.05) is 6.07 Å². The molecule has 1 rings (SSSR count). The molecule has 1 aromatic heterocycles. The second-order valence-corrected chi connectivity index (χ2v) is 2.29. The summed E-state index contributed by atoms with van der Waals surface area (Å²) in [7, 11) is 1.66. The highest BCUT2D eigenvalue weighted by molar-refractivity contribution is 5.06. The fourth-order valence-electron chi connectivity index (χ4n) is 0.864. The minimum atomic E-state index is 0.565. The summed E-state index contributed by atoms with van der Waals surface area (Å²) in [5.74, 6) is 0. The van der Waals surface area contributed by atoms with E-state index in [0.29, 0.717) is 6.61 Å². The number of nitrogens with zero attached hydrogens (tertiary/aromatic N) is 2. The molecule has 3 nitrogen and oxygen atoms in total. The maximum Gasteiger partial charge on any atom is 0.116 e. The van der Waals surface area contributed by atoms with Gasteiger partial charge in [0, 0.05) is 12.8 Å². The van der Waals surface area contributed by atoms with Gasteiger partial charge in [-0.25, -0.2) is 9.97 Å². The van der Waals surface area contributed by atoms with Gasteiger partial charge in [0.25, 0.3) is 0 Å². The Bertz CT molecular complexity index is 225. The second kappa shape index (κ2) is 4.03. The van der Waals surface area contributed by atoms with Gasteiger partial charge in [-0.05, 0) is 12.5 Å². The molecule has 0 atom stereocenters. The fraction of sp³-hybridized carbons (Fsp3) is 0.500. The highest BCUT2D eigenvalue weighted by Gasteiger charge is 1.94. The molecule has 0 aliphatic carbocycles. The van der Waals surface area contributed by atoms with Crippen molar-refractivity contribution in [2.75, 3.05) is 7.11 Å². The maximum atomic E-state index is 4.94. The van der Waals surface area contributed by atoms with Crippen LogP contribution in [0.4, 0.5) is 0 Å².